The Bertz CT molecular complexity index is 652. The second-order valence-electron chi connectivity index (χ2n) is 5.45. The van der Waals surface area contributed by atoms with Gasteiger partial charge >= 0.3 is 0 Å². The van der Waals surface area contributed by atoms with E-state index in [9.17, 15) is 9.90 Å². The van der Waals surface area contributed by atoms with Crippen LogP contribution in [0.5, 0.6) is 5.75 Å². The van der Waals surface area contributed by atoms with Gasteiger partial charge in [-0.05, 0) is 13.0 Å². The van der Waals surface area contributed by atoms with Crippen LogP contribution < -0.4 is 5.43 Å². The molecule has 2 N–H and O–H groups in total. The first kappa shape index (κ1) is 17.2. The Kier molecular flexibility index (Phi) is 6.37. The zero-order valence-corrected chi connectivity index (χ0v) is 13.4. The van der Waals surface area contributed by atoms with E-state index in [1.54, 1.807) is 12.5 Å². The van der Waals surface area contributed by atoms with Crippen LogP contribution in [-0.2, 0) is 19.6 Å². The fourth-order valence-electron chi connectivity index (χ4n) is 2.51. The van der Waals surface area contributed by atoms with Crippen molar-refractivity contribution >= 4 is 0 Å². The molecule has 23 heavy (non-hydrogen) atoms. The predicted molar refractivity (Wildman–Crippen MR) is 87.2 cm³/mol. The van der Waals surface area contributed by atoms with E-state index < -0.39 is 0 Å². The van der Waals surface area contributed by atoms with Crippen molar-refractivity contribution in [2.45, 2.75) is 33.0 Å². The van der Waals surface area contributed by atoms with Gasteiger partial charge in [-0.25, -0.2) is 4.98 Å². The first-order valence-corrected chi connectivity index (χ1v) is 7.85. The molecule has 0 radical (unpaired) electrons. The number of nitrogens with zero attached hydrogens (tertiary/aromatic N) is 4. The topological polar surface area (TPSA) is 83.5 Å². The van der Waals surface area contributed by atoms with Crippen molar-refractivity contribution in [1.82, 2.24) is 19.0 Å². The summed E-state index contributed by atoms with van der Waals surface area (Å²) in [5.74, 6) is -0.235. The number of hydrogen-bond donors (Lipinski definition) is 2. The van der Waals surface area contributed by atoms with Crippen molar-refractivity contribution in [3.05, 3.63) is 46.9 Å². The SMILES string of the molecule is CCN(CCO)Cc1cc(=O)c(O)cn1CCCn1ccnc1. The molecule has 2 aromatic heterocycles. The van der Waals surface area contributed by atoms with Gasteiger partial charge in [0.05, 0.1) is 19.1 Å². The summed E-state index contributed by atoms with van der Waals surface area (Å²) >= 11 is 0. The molecule has 0 fully saturated rings. The van der Waals surface area contributed by atoms with Gasteiger partial charge in [-0.3, -0.25) is 9.69 Å². The second kappa shape index (κ2) is 8.50. The number of imidazole rings is 1. The fourth-order valence-corrected chi connectivity index (χ4v) is 2.51. The van der Waals surface area contributed by atoms with E-state index in [1.807, 2.05) is 22.3 Å². The number of aromatic nitrogens is 3. The molecule has 2 aromatic rings. The van der Waals surface area contributed by atoms with Crippen molar-refractivity contribution in [3.8, 4) is 5.75 Å². The van der Waals surface area contributed by atoms with E-state index in [2.05, 4.69) is 9.88 Å². The monoisotopic (exact) mass is 320 g/mol. The fraction of sp³-hybridized carbons (Fsp3) is 0.500. The third-order valence-electron chi connectivity index (χ3n) is 3.82. The van der Waals surface area contributed by atoms with E-state index in [4.69, 9.17) is 5.11 Å². The lowest BCUT2D eigenvalue weighted by Gasteiger charge is -2.22. The normalized spacial score (nSPS) is 11.3. The molecule has 0 aliphatic rings. The van der Waals surface area contributed by atoms with Crippen molar-refractivity contribution in [1.29, 1.82) is 0 Å². The zero-order valence-electron chi connectivity index (χ0n) is 13.4. The summed E-state index contributed by atoms with van der Waals surface area (Å²) in [6, 6.07) is 1.48. The van der Waals surface area contributed by atoms with Crippen LogP contribution in [-0.4, -0.2) is 48.9 Å². The summed E-state index contributed by atoms with van der Waals surface area (Å²) < 4.78 is 3.90. The van der Waals surface area contributed by atoms with E-state index in [1.165, 1.54) is 12.3 Å². The van der Waals surface area contributed by atoms with Crippen molar-refractivity contribution in [3.63, 3.8) is 0 Å². The van der Waals surface area contributed by atoms with Crippen LogP contribution in [0.4, 0.5) is 0 Å². The second-order valence-corrected chi connectivity index (χ2v) is 5.45. The molecular formula is C16H24N4O3. The number of aromatic hydroxyl groups is 1. The average Bonchev–Trinajstić information content (AvgIpc) is 3.04. The molecule has 0 unspecified atom stereocenters. The number of pyridine rings is 1. The lowest BCUT2D eigenvalue weighted by molar-refractivity contribution is 0.193. The number of aliphatic hydroxyl groups excluding tert-OH is 1. The number of aryl methyl sites for hydroxylation is 2. The highest BCUT2D eigenvalue weighted by Crippen LogP contribution is 2.10. The first-order valence-electron chi connectivity index (χ1n) is 7.85. The molecule has 0 bridgehead atoms. The molecule has 0 atom stereocenters. The molecule has 0 aliphatic heterocycles. The van der Waals surface area contributed by atoms with Crippen LogP contribution in [0.15, 0.2) is 35.8 Å². The van der Waals surface area contributed by atoms with Crippen LogP contribution in [0.2, 0.25) is 0 Å². The number of rotatable bonds is 9. The van der Waals surface area contributed by atoms with Crippen molar-refractivity contribution in [2.24, 2.45) is 0 Å². The highest BCUT2D eigenvalue weighted by Gasteiger charge is 2.10. The van der Waals surface area contributed by atoms with Crippen LogP contribution in [0.25, 0.3) is 0 Å². The Balaban J connectivity index is 2.09. The van der Waals surface area contributed by atoms with Crippen LogP contribution in [0.3, 0.4) is 0 Å². The lowest BCUT2D eigenvalue weighted by atomic mass is 10.2. The summed E-state index contributed by atoms with van der Waals surface area (Å²) in [6.07, 6.45) is 7.77. The minimum Gasteiger partial charge on any atom is -0.503 e. The third kappa shape index (κ3) is 4.94. The Hall–Kier alpha value is -2.12. The van der Waals surface area contributed by atoms with Gasteiger partial charge in [-0.2, -0.15) is 0 Å². The molecule has 0 aromatic carbocycles. The highest BCUT2D eigenvalue weighted by atomic mass is 16.3. The Morgan fingerprint density at radius 3 is 2.83 bits per heavy atom. The van der Waals surface area contributed by atoms with E-state index in [-0.39, 0.29) is 17.8 Å². The van der Waals surface area contributed by atoms with Gasteiger partial charge in [0, 0.05) is 50.3 Å². The van der Waals surface area contributed by atoms with Gasteiger partial charge in [-0.1, -0.05) is 6.92 Å². The van der Waals surface area contributed by atoms with Crippen LogP contribution in [0.1, 0.15) is 19.0 Å². The molecule has 126 valence electrons. The molecule has 0 aliphatic carbocycles. The number of aliphatic hydroxyl groups is 1. The third-order valence-corrected chi connectivity index (χ3v) is 3.82. The molecular weight excluding hydrogens is 296 g/mol. The maximum absolute atomic E-state index is 11.7. The van der Waals surface area contributed by atoms with Gasteiger partial charge in [0.15, 0.2) is 5.75 Å². The summed E-state index contributed by atoms with van der Waals surface area (Å²) in [5, 5.41) is 18.8. The molecule has 0 saturated heterocycles. The molecule has 2 rings (SSSR count). The number of likely N-dealkylation sites (N-methyl/N-ethyl adjacent to an activating group) is 1. The van der Waals surface area contributed by atoms with Crippen LogP contribution >= 0.6 is 0 Å². The molecule has 0 saturated carbocycles. The molecule has 2 heterocycles. The molecule has 7 nitrogen and oxygen atoms in total. The van der Waals surface area contributed by atoms with Gasteiger partial charge in [0.1, 0.15) is 0 Å². The first-order chi connectivity index (χ1) is 11.1. The average molecular weight is 320 g/mol. The van der Waals surface area contributed by atoms with Gasteiger partial charge in [0.2, 0.25) is 5.43 Å². The lowest BCUT2D eigenvalue weighted by Crippen LogP contribution is -2.28. The van der Waals surface area contributed by atoms with Crippen molar-refractivity contribution < 1.29 is 10.2 Å². The quantitative estimate of drug-likeness (QED) is 0.709. The van der Waals surface area contributed by atoms with Gasteiger partial charge in [-0.15, -0.1) is 0 Å². The zero-order chi connectivity index (χ0) is 16.7. The highest BCUT2D eigenvalue weighted by molar-refractivity contribution is 5.20. The summed E-state index contributed by atoms with van der Waals surface area (Å²) in [7, 11) is 0. The van der Waals surface area contributed by atoms with E-state index in [0.29, 0.717) is 19.6 Å². The minimum absolute atomic E-state index is 0.0801. The standard InChI is InChI=1S/C16H24N4O3/c1-2-18(8-9-21)11-14-10-15(22)16(23)12-20(14)6-3-5-19-7-4-17-13-19/h4,7,10,12-13,21,23H,2-3,5-6,8-9,11H2,1H3. The molecule has 0 amide bonds. The summed E-state index contributed by atoms with van der Waals surface area (Å²) in [5.41, 5.74) is 0.472. The Morgan fingerprint density at radius 1 is 1.35 bits per heavy atom. The summed E-state index contributed by atoms with van der Waals surface area (Å²) in [6.45, 7) is 5.51. The van der Waals surface area contributed by atoms with Gasteiger partial charge < -0.3 is 19.3 Å². The molecule has 7 heteroatoms. The number of hydrogen-bond acceptors (Lipinski definition) is 5. The van der Waals surface area contributed by atoms with Gasteiger partial charge in [0.25, 0.3) is 0 Å². The van der Waals surface area contributed by atoms with E-state index >= 15 is 0 Å². The molecule has 0 spiro atoms. The predicted octanol–water partition coefficient (Wildman–Crippen LogP) is 0.655. The van der Waals surface area contributed by atoms with E-state index in [0.717, 1.165) is 25.2 Å². The smallest absolute Gasteiger partial charge is 0.223 e. The Labute approximate surface area is 135 Å². The minimum atomic E-state index is -0.370. The Morgan fingerprint density at radius 2 is 2.17 bits per heavy atom. The maximum Gasteiger partial charge on any atom is 0.223 e. The van der Waals surface area contributed by atoms with Crippen molar-refractivity contribution in [2.75, 3.05) is 19.7 Å². The van der Waals surface area contributed by atoms with Crippen LogP contribution in [0, 0.1) is 0 Å². The summed E-state index contributed by atoms with van der Waals surface area (Å²) in [4.78, 5) is 17.8. The maximum atomic E-state index is 11.7. The largest absolute Gasteiger partial charge is 0.503 e.